The molecule has 0 nitrogen and oxygen atoms in total. The quantitative estimate of drug-likeness (QED) is 0.164. The third kappa shape index (κ3) is 4.10. The van der Waals surface area contributed by atoms with Crippen molar-refractivity contribution >= 4 is 95.3 Å². The summed E-state index contributed by atoms with van der Waals surface area (Å²) in [7, 11) is 0. The Balaban J connectivity index is 1.13. The second-order valence-electron chi connectivity index (χ2n) is 13.2. The Labute approximate surface area is 297 Å². The molecular formula is C48H28S2. The van der Waals surface area contributed by atoms with Crippen LogP contribution in [0.25, 0.3) is 106 Å². The van der Waals surface area contributed by atoms with Crippen LogP contribution in [0.1, 0.15) is 0 Å². The monoisotopic (exact) mass is 668 g/mol. The standard InChI is InChI=1S/C48H28S2/c1-2-12-29(13-3-1)44-34-14-4-6-16-36(34)45(37-17-7-5-15-35(37)44)33-25-23-30-26-32(24-22-31(30)27-33)40-28-43-47(39-19-9-10-20-41(39)49-43)48-46(40)38-18-8-11-21-42(38)50-48/h1-28H. The minimum Gasteiger partial charge on any atom is -0.135 e. The molecule has 0 aliphatic carbocycles. The summed E-state index contributed by atoms with van der Waals surface area (Å²) in [6, 6.07) is 63.0. The number of benzene rings is 9. The average Bonchev–Trinajstić information content (AvgIpc) is 3.75. The number of hydrogen-bond donors (Lipinski definition) is 0. The molecule has 0 N–H and O–H groups in total. The largest absolute Gasteiger partial charge is 0.135 e. The Bertz CT molecular complexity index is 3080. The lowest BCUT2D eigenvalue weighted by Gasteiger charge is -2.18. The van der Waals surface area contributed by atoms with Crippen molar-refractivity contribution in [1.82, 2.24) is 0 Å². The van der Waals surface area contributed by atoms with Crippen LogP contribution in [0.15, 0.2) is 170 Å². The molecule has 50 heavy (non-hydrogen) atoms. The lowest BCUT2D eigenvalue weighted by molar-refractivity contribution is 1.66. The van der Waals surface area contributed by atoms with Crippen LogP contribution in [0.5, 0.6) is 0 Å². The zero-order valence-electron chi connectivity index (χ0n) is 27.0. The summed E-state index contributed by atoms with van der Waals surface area (Å²) in [5, 5.41) is 13.1. The van der Waals surface area contributed by atoms with Crippen molar-refractivity contribution in [2.24, 2.45) is 0 Å². The van der Waals surface area contributed by atoms with E-state index < -0.39 is 0 Å². The molecule has 0 saturated carbocycles. The fourth-order valence-electron chi connectivity index (χ4n) is 8.24. The Kier molecular flexibility index (Phi) is 6.09. The van der Waals surface area contributed by atoms with Gasteiger partial charge in [-0.1, -0.05) is 140 Å². The Hall–Kier alpha value is -5.80. The van der Waals surface area contributed by atoms with Crippen LogP contribution >= 0.6 is 22.7 Å². The van der Waals surface area contributed by atoms with Crippen LogP contribution in [-0.4, -0.2) is 0 Å². The predicted octanol–water partition coefficient (Wildman–Crippen LogP) is 14.9. The molecular weight excluding hydrogens is 641 g/mol. The highest BCUT2D eigenvalue weighted by molar-refractivity contribution is 7.30. The van der Waals surface area contributed by atoms with Gasteiger partial charge in [-0.2, -0.15) is 0 Å². The fraction of sp³-hybridized carbons (Fsp3) is 0. The highest BCUT2D eigenvalue weighted by Gasteiger charge is 2.19. The van der Waals surface area contributed by atoms with E-state index in [0.717, 1.165) is 0 Å². The van der Waals surface area contributed by atoms with E-state index in [1.807, 2.05) is 22.7 Å². The molecule has 0 amide bonds. The second kappa shape index (κ2) is 10.9. The SMILES string of the molecule is c1ccc(-c2c3ccccc3c(-c3ccc4cc(-c5cc6sc7ccccc7c6c6sc7ccccc7c56)ccc4c3)c3ccccc23)cc1. The van der Waals surface area contributed by atoms with Gasteiger partial charge in [0, 0.05) is 40.3 Å². The maximum atomic E-state index is 2.45. The van der Waals surface area contributed by atoms with Gasteiger partial charge in [0.05, 0.1) is 0 Å². The average molecular weight is 669 g/mol. The molecule has 0 radical (unpaired) electrons. The molecule has 2 heterocycles. The van der Waals surface area contributed by atoms with E-state index in [2.05, 4.69) is 170 Å². The van der Waals surface area contributed by atoms with Crippen molar-refractivity contribution in [2.45, 2.75) is 0 Å². The number of hydrogen-bond acceptors (Lipinski definition) is 2. The van der Waals surface area contributed by atoms with Gasteiger partial charge in [0.1, 0.15) is 0 Å². The molecule has 9 aromatic carbocycles. The van der Waals surface area contributed by atoms with Crippen LogP contribution in [0, 0.1) is 0 Å². The summed E-state index contributed by atoms with van der Waals surface area (Å²) in [4.78, 5) is 0. The van der Waals surface area contributed by atoms with Gasteiger partial charge in [-0.05, 0) is 96.0 Å². The summed E-state index contributed by atoms with van der Waals surface area (Å²) in [6.07, 6.45) is 0. The lowest BCUT2D eigenvalue weighted by atomic mass is 9.85. The minimum atomic E-state index is 1.25. The van der Waals surface area contributed by atoms with Crippen molar-refractivity contribution in [2.75, 3.05) is 0 Å². The van der Waals surface area contributed by atoms with E-state index in [-0.39, 0.29) is 0 Å². The molecule has 0 saturated heterocycles. The first-order valence-electron chi connectivity index (χ1n) is 17.1. The molecule has 0 fully saturated rings. The molecule has 0 spiro atoms. The molecule has 2 aromatic heterocycles. The predicted molar refractivity (Wildman–Crippen MR) is 221 cm³/mol. The van der Waals surface area contributed by atoms with E-state index in [4.69, 9.17) is 0 Å². The lowest BCUT2D eigenvalue weighted by Crippen LogP contribution is -1.91. The Morgan fingerprint density at radius 3 is 1.42 bits per heavy atom. The summed E-state index contributed by atoms with van der Waals surface area (Å²) < 4.78 is 5.44. The van der Waals surface area contributed by atoms with Gasteiger partial charge in [0.2, 0.25) is 0 Å². The summed E-state index contributed by atoms with van der Waals surface area (Å²) in [6.45, 7) is 0. The molecule has 0 aliphatic heterocycles. The van der Waals surface area contributed by atoms with E-state index in [1.54, 1.807) is 0 Å². The summed E-state index contributed by atoms with van der Waals surface area (Å²) in [5.41, 5.74) is 7.67. The smallest absolute Gasteiger partial charge is 0.0454 e. The first-order chi connectivity index (χ1) is 24.8. The van der Waals surface area contributed by atoms with Gasteiger partial charge in [-0.15, -0.1) is 22.7 Å². The molecule has 0 atom stereocenters. The van der Waals surface area contributed by atoms with E-state index in [0.29, 0.717) is 0 Å². The van der Waals surface area contributed by atoms with Crippen molar-refractivity contribution < 1.29 is 0 Å². The van der Waals surface area contributed by atoms with Crippen LogP contribution in [0.4, 0.5) is 0 Å². The topological polar surface area (TPSA) is 0 Å². The van der Waals surface area contributed by atoms with Crippen molar-refractivity contribution in [3.05, 3.63) is 170 Å². The van der Waals surface area contributed by atoms with Crippen LogP contribution < -0.4 is 0 Å². The third-order valence-corrected chi connectivity index (χ3v) is 12.7. The van der Waals surface area contributed by atoms with Gasteiger partial charge < -0.3 is 0 Å². The zero-order chi connectivity index (χ0) is 32.8. The molecule has 0 aliphatic rings. The van der Waals surface area contributed by atoms with E-state index >= 15 is 0 Å². The highest BCUT2D eigenvalue weighted by Crippen LogP contribution is 2.49. The van der Waals surface area contributed by atoms with E-state index in [9.17, 15) is 0 Å². The van der Waals surface area contributed by atoms with Crippen LogP contribution in [0.3, 0.4) is 0 Å². The molecule has 0 unspecified atom stereocenters. The maximum absolute atomic E-state index is 2.45. The first kappa shape index (κ1) is 28.1. The second-order valence-corrected chi connectivity index (χ2v) is 15.3. The molecule has 11 aromatic rings. The van der Waals surface area contributed by atoms with Crippen molar-refractivity contribution in [1.29, 1.82) is 0 Å². The van der Waals surface area contributed by atoms with Gasteiger partial charge in [0.25, 0.3) is 0 Å². The zero-order valence-corrected chi connectivity index (χ0v) is 28.6. The van der Waals surface area contributed by atoms with Crippen molar-refractivity contribution in [3.63, 3.8) is 0 Å². The van der Waals surface area contributed by atoms with Crippen molar-refractivity contribution in [3.8, 4) is 33.4 Å². The van der Waals surface area contributed by atoms with Gasteiger partial charge in [-0.25, -0.2) is 0 Å². The molecule has 232 valence electrons. The number of rotatable bonds is 3. The summed E-state index contributed by atoms with van der Waals surface area (Å²) >= 11 is 3.84. The Morgan fingerprint density at radius 2 is 0.780 bits per heavy atom. The molecule has 2 heteroatoms. The van der Waals surface area contributed by atoms with Crippen LogP contribution in [0.2, 0.25) is 0 Å². The molecule has 11 rings (SSSR count). The van der Waals surface area contributed by atoms with Gasteiger partial charge in [0.15, 0.2) is 0 Å². The molecule has 0 bridgehead atoms. The normalized spacial score (nSPS) is 12.0. The number of thiophene rings is 2. The van der Waals surface area contributed by atoms with E-state index in [1.165, 1.54) is 106 Å². The van der Waals surface area contributed by atoms with Gasteiger partial charge >= 0.3 is 0 Å². The minimum absolute atomic E-state index is 1.25. The maximum Gasteiger partial charge on any atom is 0.0454 e. The third-order valence-electron chi connectivity index (χ3n) is 10.4. The van der Waals surface area contributed by atoms with Gasteiger partial charge in [-0.3, -0.25) is 0 Å². The highest BCUT2D eigenvalue weighted by atomic mass is 32.1. The summed E-state index contributed by atoms with van der Waals surface area (Å²) in [5.74, 6) is 0. The Morgan fingerprint density at radius 1 is 0.300 bits per heavy atom. The first-order valence-corrected chi connectivity index (χ1v) is 18.7. The fourth-order valence-corrected chi connectivity index (χ4v) is 10.8. The van der Waals surface area contributed by atoms with Crippen LogP contribution in [-0.2, 0) is 0 Å². The number of fused-ring (bicyclic) bond motifs is 10.